The van der Waals surface area contributed by atoms with Gasteiger partial charge in [0, 0.05) is 13.8 Å². The molecule has 0 amide bonds. The molecule has 0 aliphatic carbocycles. The molecular formula is C12H24N4+2. The van der Waals surface area contributed by atoms with E-state index in [0.29, 0.717) is 0 Å². The van der Waals surface area contributed by atoms with E-state index in [-0.39, 0.29) is 0 Å². The van der Waals surface area contributed by atoms with E-state index in [4.69, 9.17) is 0 Å². The van der Waals surface area contributed by atoms with Crippen molar-refractivity contribution in [2.24, 2.45) is 14.1 Å². The van der Waals surface area contributed by atoms with Crippen LogP contribution >= 0.6 is 0 Å². The standard InChI is InChI=1S/C6H13N2.C6H11N2/c2*1-6-7(2)4-5-8(6)3/h4-5H2,1-3H3;4-5H,1-3H3/q2*+1. The summed E-state index contributed by atoms with van der Waals surface area (Å²) in [6.07, 6.45) is 4.07. The largest absolute Gasteiger partial charge is 0.265 e. The Morgan fingerprint density at radius 2 is 1.81 bits per heavy atom. The molecule has 1 aromatic heterocycles. The van der Waals surface area contributed by atoms with Gasteiger partial charge in [0.1, 0.15) is 25.5 Å². The average molecular weight is 224 g/mol. The second-order valence-corrected chi connectivity index (χ2v) is 4.46. The Morgan fingerprint density at radius 1 is 1.19 bits per heavy atom. The third-order valence-corrected chi connectivity index (χ3v) is 3.41. The second kappa shape index (κ2) is 5.14. The minimum Gasteiger partial charge on any atom is -0.265 e. The molecule has 0 radical (unpaired) electrons. The van der Waals surface area contributed by atoms with Gasteiger partial charge in [0.2, 0.25) is 5.84 Å². The summed E-state index contributed by atoms with van der Waals surface area (Å²) in [5.74, 6) is 2.65. The fraction of sp³-hybridized carbons (Fsp3) is 0.667. The van der Waals surface area contributed by atoms with E-state index in [2.05, 4.69) is 46.6 Å². The summed E-state index contributed by atoms with van der Waals surface area (Å²) < 4.78 is 6.43. The molecule has 4 nitrogen and oxygen atoms in total. The fourth-order valence-electron chi connectivity index (χ4n) is 1.58. The zero-order chi connectivity index (χ0) is 12.3. The lowest BCUT2D eigenvalue weighted by Crippen LogP contribution is -2.29. The molecule has 0 spiro atoms. The molecule has 0 unspecified atom stereocenters. The molecule has 0 aromatic carbocycles. The summed E-state index contributed by atoms with van der Waals surface area (Å²) in [7, 11) is 8.32. The van der Waals surface area contributed by atoms with Crippen LogP contribution in [-0.4, -0.2) is 47.1 Å². The third-order valence-electron chi connectivity index (χ3n) is 3.41. The van der Waals surface area contributed by atoms with Crippen molar-refractivity contribution in [2.45, 2.75) is 13.8 Å². The van der Waals surface area contributed by atoms with Gasteiger partial charge in [0.25, 0.3) is 5.82 Å². The van der Waals surface area contributed by atoms with Gasteiger partial charge >= 0.3 is 0 Å². The van der Waals surface area contributed by atoms with Crippen LogP contribution in [0.25, 0.3) is 0 Å². The molecule has 0 saturated heterocycles. The van der Waals surface area contributed by atoms with Gasteiger partial charge in [-0.1, -0.05) is 0 Å². The van der Waals surface area contributed by atoms with Crippen LogP contribution in [0.3, 0.4) is 0 Å². The first-order valence-electron chi connectivity index (χ1n) is 5.67. The number of imidazole rings is 1. The van der Waals surface area contributed by atoms with Crippen molar-refractivity contribution in [3.63, 3.8) is 0 Å². The average Bonchev–Trinajstić information content (AvgIpc) is 2.70. The Morgan fingerprint density at radius 3 is 1.94 bits per heavy atom. The number of likely N-dealkylation sites (N-methyl/N-ethyl adjacent to an activating group) is 2. The molecule has 1 aliphatic heterocycles. The molecule has 2 heterocycles. The molecule has 0 N–H and O–H groups in total. The van der Waals surface area contributed by atoms with Gasteiger partial charge in [0.05, 0.1) is 28.2 Å². The maximum Gasteiger partial charge on any atom is 0.252 e. The van der Waals surface area contributed by atoms with Crippen molar-refractivity contribution in [3.05, 3.63) is 18.2 Å². The number of rotatable bonds is 0. The number of aryl methyl sites for hydroxylation is 2. The zero-order valence-corrected chi connectivity index (χ0v) is 11.4. The number of hydrogen-bond acceptors (Lipinski definition) is 1. The van der Waals surface area contributed by atoms with Gasteiger partial charge in [-0.05, 0) is 0 Å². The lowest BCUT2D eigenvalue weighted by Gasteiger charge is -1.98. The Hall–Kier alpha value is -1.32. The number of nitrogens with zero attached hydrogens (tertiary/aromatic N) is 4. The third kappa shape index (κ3) is 2.84. The normalized spacial score (nSPS) is 15.2. The van der Waals surface area contributed by atoms with Crippen LogP contribution in [0.2, 0.25) is 0 Å². The minimum absolute atomic E-state index is 1.18. The summed E-state index contributed by atoms with van der Waals surface area (Å²) in [5.41, 5.74) is 0. The molecule has 4 heteroatoms. The minimum atomic E-state index is 1.18. The lowest BCUT2D eigenvalue weighted by atomic mass is 10.6. The van der Waals surface area contributed by atoms with E-state index in [1.807, 2.05) is 26.5 Å². The predicted octanol–water partition coefficient (Wildman–Crippen LogP) is 0.151. The van der Waals surface area contributed by atoms with Gasteiger partial charge < -0.3 is 0 Å². The van der Waals surface area contributed by atoms with E-state index in [0.717, 1.165) is 0 Å². The van der Waals surface area contributed by atoms with E-state index in [1.54, 1.807) is 0 Å². The zero-order valence-electron chi connectivity index (χ0n) is 11.4. The molecule has 0 fully saturated rings. The highest BCUT2D eigenvalue weighted by atomic mass is 15.3. The quantitative estimate of drug-likeness (QED) is 0.573. The molecule has 0 atom stereocenters. The molecular weight excluding hydrogens is 200 g/mol. The van der Waals surface area contributed by atoms with Crippen LogP contribution in [0.1, 0.15) is 12.7 Å². The highest BCUT2D eigenvalue weighted by molar-refractivity contribution is 5.75. The van der Waals surface area contributed by atoms with Gasteiger partial charge in [-0.3, -0.25) is 9.48 Å². The first kappa shape index (κ1) is 12.7. The Labute approximate surface area is 98.4 Å². The van der Waals surface area contributed by atoms with Crippen LogP contribution in [0.15, 0.2) is 12.4 Å². The van der Waals surface area contributed by atoms with Crippen LogP contribution in [0.5, 0.6) is 0 Å². The summed E-state index contributed by atoms with van der Waals surface area (Å²) in [4.78, 5) is 2.26. The smallest absolute Gasteiger partial charge is 0.252 e. The molecule has 0 saturated carbocycles. The van der Waals surface area contributed by atoms with E-state index in [9.17, 15) is 0 Å². The van der Waals surface area contributed by atoms with Crippen molar-refractivity contribution in [3.8, 4) is 0 Å². The second-order valence-electron chi connectivity index (χ2n) is 4.46. The molecule has 0 bridgehead atoms. The Kier molecular flexibility index (Phi) is 4.10. The number of aromatic nitrogens is 2. The SMILES string of the molecule is CC1=[N+](C)CCN1C.Cc1n(C)cc[n+]1C. The lowest BCUT2D eigenvalue weighted by molar-refractivity contribution is -0.677. The summed E-state index contributed by atoms with van der Waals surface area (Å²) in [6.45, 7) is 6.59. The Bertz CT molecular complexity index is 370. The molecule has 16 heavy (non-hydrogen) atoms. The van der Waals surface area contributed by atoms with Crippen molar-refractivity contribution in [2.75, 3.05) is 27.2 Å². The van der Waals surface area contributed by atoms with Crippen molar-refractivity contribution in [1.29, 1.82) is 0 Å². The summed E-state index contributed by atoms with van der Waals surface area (Å²) in [6, 6.07) is 0. The predicted molar refractivity (Wildman–Crippen MR) is 65.7 cm³/mol. The van der Waals surface area contributed by atoms with Gasteiger partial charge in [-0.25, -0.2) is 9.13 Å². The van der Waals surface area contributed by atoms with Crippen molar-refractivity contribution in [1.82, 2.24) is 9.47 Å². The first-order valence-corrected chi connectivity index (χ1v) is 5.67. The maximum atomic E-state index is 2.26. The fourth-order valence-corrected chi connectivity index (χ4v) is 1.58. The van der Waals surface area contributed by atoms with Gasteiger partial charge in [-0.2, -0.15) is 0 Å². The van der Waals surface area contributed by atoms with Crippen LogP contribution in [0, 0.1) is 6.92 Å². The van der Waals surface area contributed by atoms with E-state index in [1.165, 1.54) is 24.7 Å². The van der Waals surface area contributed by atoms with Gasteiger partial charge in [0.15, 0.2) is 0 Å². The van der Waals surface area contributed by atoms with Gasteiger partial charge in [-0.15, -0.1) is 0 Å². The highest BCUT2D eigenvalue weighted by Crippen LogP contribution is 1.93. The number of hydrogen-bond donors (Lipinski definition) is 0. The molecule has 1 aromatic rings. The summed E-state index contributed by atoms with van der Waals surface area (Å²) >= 11 is 0. The maximum absolute atomic E-state index is 2.26. The van der Waals surface area contributed by atoms with E-state index < -0.39 is 0 Å². The first-order chi connectivity index (χ1) is 7.43. The topological polar surface area (TPSA) is 15.1 Å². The van der Waals surface area contributed by atoms with Crippen LogP contribution in [0.4, 0.5) is 0 Å². The Balaban J connectivity index is 0.000000160. The van der Waals surface area contributed by atoms with E-state index >= 15 is 0 Å². The van der Waals surface area contributed by atoms with Crippen LogP contribution in [-0.2, 0) is 14.1 Å². The summed E-state index contributed by atoms with van der Waals surface area (Å²) in [5, 5.41) is 0. The monoisotopic (exact) mass is 224 g/mol. The molecule has 2 rings (SSSR count). The molecule has 1 aliphatic rings. The highest BCUT2D eigenvalue weighted by Gasteiger charge is 2.18. The van der Waals surface area contributed by atoms with Crippen molar-refractivity contribution < 1.29 is 9.14 Å². The number of amidine groups is 1. The van der Waals surface area contributed by atoms with Crippen molar-refractivity contribution >= 4 is 5.84 Å². The van der Waals surface area contributed by atoms with Crippen LogP contribution < -0.4 is 4.57 Å². The molecule has 90 valence electrons.